The molecule has 170 valence electrons. The van der Waals surface area contributed by atoms with E-state index >= 15 is 0 Å². The van der Waals surface area contributed by atoms with Crippen LogP contribution in [0.4, 0.5) is 5.69 Å². The van der Waals surface area contributed by atoms with Crippen molar-refractivity contribution >= 4 is 50.4 Å². The number of aromatic nitrogens is 1. The van der Waals surface area contributed by atoms with Gasteiger partial charge >= 0.3 is 5.91 Å². The second kappa shape index (κ2) is 9.84. The first-order valence-corrected chi connectivity index (χ1v) is 11.2. The monoisotopic (exact) mass is 516 g/mol. The maximum absolute atomic E-state index is 13.0. The predicted molar refractivity (Wildman–Crippen MR) is 135 cm³/mol. The second-order valence-electron chi connectivity index (χ2n) is 7.67. The normalized spacial score (nSPS) is 11.8. The molecule has 0 aliphatic rings. The third kappa shape index (κ3) is 4.82. The van der Waals surface area contributed by atoms with Crippen molar-refractivity contribution in [2.24, 2.45) is 17.3 Å². The van der Waals surface area contributed by atoms with Crippen LogP contribution < -0.4 is 5.32 Å². The Balaban J connectivity index is 1.71. The average Bonchev–Trinajstić information content (AvgIpc) is 3.07. The zero-order valence-corrected chi connectivity index (χ0v) is 20.1. The zero-order valence-electron chi connectivity index (χ0n) is 18.5. The molecule has 2 amide bonds. The molecule has 2 N–H and O–H groups in total. The molecule has 4 aromatic rings. The standard InChI is InChI=1S/C26H21BrN4O3/c1-16-13-19-22(26(34)31(2)23(19)20(27)14-16)29-30-25(33)21(15-17-9-5-3-6-10-17)28-24(32)18-11-7-4-8-12-18/h3-15,34H,1-2H3,(H,28,32)/b21-15+,30-29?. The maximum atomic E-state index is 13.0. The Morgan fingerprint density at radius 3 is 2.35 bits per heavy atom. The van der Waals surface area contributed by atoms with Crippen LogP contribution in [0.3, 0.4) is 0 Å². The Hall–Kier alpha value is -4.04. The van der Waals surface area contributed by atoms with E-state index in [1.165, 1.54) is 6.08 Å². The highest BCUT2D eigenvalue weighted by Crippen LogP contribution is 2.41. The molecule has 0 unspecified atom stereocenters. The molecule has 1 heterocycles. The van der Waals surface area contributed by atoms with Gasteiger partial charge < -0.3 is 15.0 Å². The summed E-state index contributed by atoms with van der Waals surface area (Å²) in [4.78, 5) is 25.7. The number of fused-ring (bicyclic) bond motifs is 1. The number of azo groups is 1. The van der Waals surface area contributed by atoms with Gasteiger partial charge in [0.05, 0.1) is 5.52 Å². The number of amides is 2. The summed E-state index contributed by atoms with van der Waals surface area (Å²) in [6.07, 6.45) is 1.53. The molecular formula is C26H21BrN4O3. The molecule has 0 aliphatic heterocycles. The first-order chi connectivity index (χ1) is 16.3. The Kier molecular flexibility index (Phi) is 6.70. The van der Waals surface area contributed by atoms with Gasteiger partial charge in [0.2, 0.25) is 5.88 Å². The molecule has 0 radical (unpaired) electrons. The van der Waals surface area contributed by atoms with Crippen LogP contribution in [0.25, 0.3) is 17.0 Å². The van der Waals surface area contributed by atoms with Gasteiger partial charge in [-0.15, -0.1) is 10.2 Å². The van der Waals surface area contributed by atoms with Crippen LogP contribution in [-0.4, -0.2) is 21.5 Å². The van der Waals surface area contributed by atoms with Crippen molar-refractivity contribution in [3.63, 3.8) is 0 Å². The zero-order chi connectivity index (χ0) is 24.2. The molecule has 3 aromatic carbocycles. The fraction of sp³-hybridized carbons (Fsp3) is 0.0769. The number of carbonyl (C=O) groups is 2. The first-order valence-electron chi connectivity index (χ1n) is 10.4. The molecule has 7 nitrogen and oxygen atoms in total. The van der Waals surface area contributed by atoms with E-state index in [9.17, 15) is 14.7 Å². The summed E-state index contributed by atoms with van der Waals surface area (Å²) >= 11 is 3.51. The molecule has 1 aromatic heterocycles. The van der Waals surface area contributed by atoms with E-state index in [-0.39, 0.29) is 17.3 Å². The predicted octanol–water partition coefficient (Wildman–Crippen LogP) is 6.04. The van der Waals surface area contributed by atoms with Crippen molar-refractivity contribution in [1.29, 1.82) is 0 Å². The van der Waals surface area contributed by atoms with Gasteiger partial charge in [0, 0.05) is 22.5 Å². The minimum Gasteiger partial charge on any atom is -0.493 e. The van der Waals surface area contributed by atoms with Gasteiger partial charge in [-0.3, -0.25) is 9.59 Å². The SMILES string of the molecule is Cc1cc(Br)c2c(c1)c(N=NC(=O)/C(=C\c1ccccc1)NC(=O)c1ccccc1)c(O)n2C. The van der Waals surface area contributed by atoms with Gasteiger partial charge in [-0.1, -0.05) is 48.5 Å². The quantitative estimate of drug-likeness (QED) is 0.250. The van der Waals surface area contributed by atoms with E-state index in [0.717, 1.165) is 15.6 Å². The van der Waals surface area contributed by atoms with E-state index in [1.807, 2.05) is 37.3 Å². The van der Waals surface area contributed by atoms with Crippen LogP contribution in [0.5, 0.6) is 5.88 Å². The number of rotatable bonds is 5. The average molecular weight is 517 g/mol. The van der Waals surface area contributed by atoms with Gasteiger partial charge in [-0.05, 0) is 64.3 Å². The fourth-order valence-corrected chi connectivity index (χ4v) is 4.38. The molecule has 0 bridgehead atoms. The van der Waals surface area contributed by atoms with Crippen LogP contribution in [-0.2, 0) is 11.8 Å². The van der Waals surface area contributed by atoms with Crippen molar-refractivity contribution in [2.75, 3.05) is 0 Å². The molecule has 0 spiro atoms. The third-order valence-electron chi connectivity index (χ3n) is 5.19. The van der Waals surface area contributed by atoms with E-state index in [0.29, 0.717) is 16.5 Å². The molecule has 0 fully saturated rings. The molecule has 0 aliphatic carbocycles. The summed E-state index contributed by atoms with van der Waals surface area (Å²) in [5, 5.41) is 21.8. The van der Waals surface area contributed by atoms with Crippen LogP contribution >= 0.6 is 15.9 Å². The number of hydrogen-bond donors (Lipinski definition) is 2. The lowest BCUT2D eigenvalue weighted by molar-refractivity contribution is -0.115. The summed E-state index contributed by atoms with van der Waals surface area (Å²) in [5.41, 5.74) is 2.92. The smallest absolute Gasteiger partial charge is 0.311 e. The number of nitrogens with one attached hydrogen (secondary N) is 1. The molecule has 34 heavy (non-hydrogen) atoms. The lowest BCUT2D eigenvalue weighted by Crippen LogP contribution is -2.26. The van der Waals surface area contributed by atoms with E-state index in [4.69, 9.17) is 0 Å². The summed E-state index contributed by atoms with van der Waals surface area (Å²) in [6, 6.07) is 21.5. The molecule has 0 saturated carbocycles. The lowest BCUT2D eigenvalue weighted by Gasteiger charge is -2.07. The Labute approximate surface area is 204 Å². The van der Waals surface area contributed by atoms with E-state index < -0.39 is 11.8 Å². The minimum absolute atomic E-state index is 0.0408. The van der Waals surface area contributed by atoms with Gasteiger partial charge in [0.1, 0.15) is 5.70 Å². The van der Waals surface area contributed by atoms with E-state index in [2.05, 4.69) is 31.5 Å². The highest BCUT2D eigenvalue weighted by Gasteiger charge is 2.19. The second-order valence-corrected chi connectivity index (χ2v) is 8.52. The molecule has 0 saturated heterocycles. The summed E-state index contributed by atoms with van der Waals surface area (Å²) in [6.45, 7) is 1.92. The largest absolute Gasteiger partial charge is 0.493 e. The molecule has 4 rings (SSSR count). The van der Waals surface area contributed by atoms with Crippen LogP contribution in [0.2, 0.25) is 0 Å². The number of carbonyl (C=O) groups excluding carboxylic acids is 2. The van der Waals surface area contributed by atoms with Crippen LogP contribution in [0.15, 0.2) is 93.2 Å². The number of hydrogen-bond acceptors (Lipinski definition) is 4. The van der Waals surface area contributed by atoms with E-state index in [1.54, 1.807) is 54.1 Å². The van der Waals surface area contributed by atoms with Gasteiger partial charge in [0.15, 0.2) is 5.69 Å². The van der Waals surface area contributed by atoms with Crippen molar-refractivity contribution in [2.45, 2.75) is 6.92 Å². The summed E-state index contributed by atoms with van der Waals surface area (Å²) in [5.74, 6) is -1.32. The van der Waals surface area contributed by atoms with Crippen molar-refractivity contribution in [3.05, 3.63) is 99.7 Å². The summed E-state index contributed by atoms with van der Waals surface area (Å²) < 4.78 is 2.35. The topological polar surface area (TPSA) is 96.1 Å². The molecule has 0 atom stereocenters. The van der Waals surface area contributed by atoms with Gasteiger partial charge in [-0.25, -0.2) is 0 Å². The first kappa shape index (κ1) is 23.1. The van der Waals surface area contributed by atoms with Crippen molar-refractivity contribution in [3.8, 4) is 5.88 Å². The molecular weight excluding hydrogens is 496 g/mol. The highest BCUT2D eigenvalue weighted by atomic mass is 79.9. The summed E-state index contributed by atoms with van der Waals surface area (Å²) in [7, 11) is 1.69. The Bertz CT molecular complexity index is 1440. The number of aryl methyl sites for hydroxylation is 2. The van der Waals surface area contributed by atoms with Crippen LogP contribution in [0, 0.1) is 6.92 Å². The lowest BCUT2D eigenvalue weighted by atomic mass is 10.1. The van der Waals surface area contributed by atoms with Crippen LogP contribution in [0.1, 0.15) is 21.5 Å². The van der Waals surface area contributed by atoms with Crippen molar-refractivity contribution < 1.29 is 14.7 Å². The minimum atomic E-state index is -0.753. The maximum Gasteiger partial charge on any atom is 0.311 e. The fourth-order valence-electron chi connectivity index (χ4n) is 3.54. The van der Waals surface area contributed by atoms with Crippen molar-refractivity contribution in [1.82, 2.24) is 9.88 Å². The number of benzene rings is 3. The van der Waals surface area contributed by atoms with Gasteiger partial charge in [0.25, 0.3) is 5.91 Å². The van der Waals surface area contributed by atoms with Gasteiger partial charge in [-0.2, -0.15) is 0 Å². The highest BCUT2D eigenvalue weighted by molar-refractivity contribution is 9.10. The third-order valence-corrected chi connectivity index (χ3v) is 5.80. The molecule has 8 heteroatoms. The Morgan fingerprint density at radius 2 is 1.68 bits per heavy atom. The number of nitrogens with zero attached hydrogens (tertiary/aromatic N) is 3. The number of aromatic hydroxyl groups is 1. The number of halogens is 1. The Morgan fingerprint density at radius 1 is 1.03 bits per heavy atom.